The summed E-state index contributed by atoms with van der Waals surface area (Å²) in [6.07, 6.45) is 10.0. The van der Waals surface area contributed by atoms with Crippen LogP contribution in [0.5, 0.6) is 11.5 Å². The molecule has 218 valence electrons. The molecule has 0 bridgehead atoms. The summed E-state index contributed by atoms with van der Waals surface area (Å²) in [5, 5.41) is 0. The Labute approximate surface area is 250 Å². The number of hydrogen-bond donors (Lipinski definition) is 0. The first-order valence-electron chi connectivity index (χ1n) is 15.0. The third-order valence-corrected chi connectivity index (χ3v) is 7.22. The summed E-state index contributed by atoms with van der Waals surface area (Å²) in [5.41, 5.74) is 6.98. The van der Waals surface area contributed by atoms with E-state index in [1.165, 1.54) is 16.8 Å². The number of hydrogen-bond acceptors (Lipinski definition) is 4. The molecule has 2 aromatic heterocycles. The molecule has 0 saturated heterocycles. The van der Waals surface area contributed by atoms with E-state index < -0.39 is 0 Å². The number of aryl methyl sites for hydroxylation is 1. The normalized spacial score (nSPS) is 11.6. The zero-order valence-electron chi connectivity index (χ0n) is 26.0. The molecule has 5 aromatic rings. The molecule has 0 N–H and O–H groups in total. The summed E-state index contributed by atoms with van der Waals surface area (Å²) in [4.78, 5) is 11.6. The topological polar surface area (TPSA) is 48.1 Å². The van der Waals surface area contributed by atoms with Crippen LogP contribution < -0.4 is 9.64 Å². The number of benzene rings is 3. The number of rotatable bonds is 11. The molecular weight excluding hydrogens is 518 g/mol. The highest BCUT2D eigenvalue weighted by Crippen LogP contribution is 2.33. The van der Waals surface area contributed by atoms with Crippen LogP contribution in [0.15, 0.2) is 91.8 Å². The summed E-state index contributed by atoms with van der Waals surface area (Å²) in [6.45, 7) is 13.4. The monoisotopic (exact) mass is 561 g/mol. The predicted octanol–water partition coefficient (Wildman–Crippen LogP) is 9.01. The Balaban J connectivity index is 1.42. The molecule has 0 atom stereocenters. The average molecular weight is 562 g/mol. The zero-order chi connectivity index (χ0) is 29.8. The lowest BCUT2D eigenvalue weighted by molar-refractivity contribution is 0.483. The van der Waals surface area contributed by atoms with Gasteiger partial charge in [0.25, 0.3) is 0 Å². The Morgan fingerprint density at radius 2 is 1.38 bits per heavy atom. The first-order chi connectivity index (χ1) is 20.2. The van der Waals surface area contributed by atoms with Gasteiger partial charge in [0.15, 0.2) is 5.82 Å². The molecule has 0 aliphatic heterocycles. The van der Waals surface area contributed by atoms with Gasteiger partial charge in [0.05, 0.1) is 24.0 Å². The van der Waals surface area contributed by atoms with Gasteiger partial charge >= 0.3 is 0 Å². The Bertz CT molecular complexity index is 1600. The largest absolute Gasteiger partial charge is 0.457 e. The van der Waals surface area contributed by atoms with E-state index in [9.17, 15) is 0 Å². The molecule has 0 amide bonds. The first-order valence-corrected chi connectivity index (χ1v) is 15.0. The Morgan fingerprint density at radius 1 is 0.738 bits per heavy atom. The van der Waals surface area contributed by atoms with E-state index in [1.807, 2.05) is 54.7 Å². The summed E-state index contributed by atoms with van der Waals surface area (Å²) >= 11 is 0. The maximum absolute atomic E-state index is 6.38. The van der Waals surface area contributed by atoms with Crippen molar-refractivity contribution in [3.8, 4) is 28.4 Å². The molecular formula is C36H43N5O. The lowest BCUT2D eigenvalue weighted by Gasteiger charge is -2.27. The summed E-state index contributed by atoms with van der Waals surface area (Å²) in [6, 6.07) is 23.3. The standard InChI is InChI=1S/C36H43N5O/c1-25(2)17-29-12-8-13-30(18-26(3)4)36(29)40-21-34(37-24-40)28-11-9-15-32(19-28)42-33-16-10-14-31(20-33)41(27(5)6)35-22-39(7)23-38-35/h8-16,19-27H,17-18H2,1-7H3. The highest BCUT2D eigenvalue weighted by molar-refractivity contribution is 5.64. The van der Waals surface area contributed by atoms with Crippen LogP contribution in [0.25, 0.3) is 16.9 Å². The highest BCUT2D eigenvalue weighted by Gasteiger charge is 2.17. The minimum atomic E-state index is 0.236. The van der Waals surface area contributed by atoms with E-state index in [-0.39, 0.29) is 6.04 Å². The number of ether oxygens (including phenoxy) is 1. The molecule has 6 heteroatoms. The van der Waals surface area contributed by atoms with Crippen molar-refractivity contribution in [1.82, 2.24) is 19.1 Å². The van der Waals surface area contributed by atoms with Gasteiger partial charge in [0.2, 0.25) is 0 Å². The van der Waals surface area contributed by atoms with Crippen molar-refractivity contribution in [2.75, 3.05) is 4.90 Å². The van der Waals surface area contributed by atoms with Gasteiger partial charge in [0, 0.05) is 42.8 Å². The van der Waals surface area contributed by atoms with E-state index in [0.29, 0.717) is 11.8 Å². The van der Waals surface area contributed by atoms with Crippen LogP contribution in [0.3, 0.4) is 0 Å². The van der Waals surface area contributed by atoms with Crippen molar-refractivity contribution < 1.29 is 4.74 Å². The van der Waals surface area contributed by atoms with Crippen molar-refractivity contribution in [2.45, 2.75) is 60.4 Å². The molecule has 5 rings (SSSR count). The molecule has 0 fully saturated rings. The van der Waals surface area contributed by atoms with Crippen molar-refractivity contribution in [1.29, 1.82) is 0 Å². The maximum Gasteiger partial charge on any atom is 0.151 e. The molecule has 0 radical (unpaired) electrons. The first kappa shape index (κ1) is 29.2. The molecule has 0 saturated carbocycles. The molecule has 0 unspecified atom stereocenters. The van der Waals surface area contributed by atoms with Crippen molar-refractivity contribution in [2.24, 2.45) is 18.9 Å². The molecule has 6 nitrogen and oxygen atoms in total. The minimum Gasteiger partial charge on any atom is -0.457 e. The number of aromatic nitrogens is 4. The van der Waals surface area contributed by atoms with Crippen LogP contribution in [0.1, 0.15) is 52.7 Å². The second-order valence-corrected chi connectivity index (χ2v) is 12.3. The Morgan fingerprint density at radius 3 is 2.00 bits per heavy atom. The maximum atomic E-state index is 6.38. The summed E-state index contributed by atoms with van der Waals surface area (Å²) in [7, 11) is 1.99. The molecule has 0 aliphatic rings. The van der Waals surface area contributed by atoms with Gasteiger partial charge in [0.1, 0.15) is 11.5 Å². The van der Waals surface area contributed by atoms with Crippen LogP contribution in [-0.4, -0.2) is 25.1 Å². The van der Waals surface area contributed by atoms with E-state index in [1.54, 1.807) is 0 Å². The second kappa shape index (κ2) is 12.7. The van der Waals surface area contributed by atoms with Gasteiger partial charge in [-0.2, -0.15) is 0 Å². The number of imidazole rings is 2. The second-order valence-electron chi connectivity index (χ2n) is 12.3. The Hall–Kier alpha value is -4.32. The van der Waals surface area contributed by atoms with Crippen molar-refractivity contribution in [3.63, 3.8) is 0 Å². The fourth-order valence-corrected chi connectivity index (χ4v) is 5.55. The van der Waals surface area contributed by atoms with Crippen molar-refractivity contribution in [3.05, 3.63) is 103 Å². The number of anilines is 2. The van der Waals surface area contributed by atoms with Crippen molar-refractivity contribution >= 4 is 11.5 Å². The summed E-state index contributed by atoms with van der Waals surface area (Å²) in [5.74, 6) is 3.61. The lowest BCUT2D eigenvalue weighted by Crippen LogP contribution is -2.25. The molecule has 0 spiro atoms. The average Bonchev–Trinajstić information content (AvgIpc) is 3.58. The van der Waals surface area contributed by atoms with Crippen LogP contribution in [0.4, 0.5) is 11.5 Å². The fraction of sp³-hybridized carbons (Fsp3) is 0.333. The van der Waals surface area contributed by atoms with Gasteiger partial charge in [-0.1, -0.05) is 64.1 Å². The third-order valence-electron chi connectivity index (χ3n) is 7.22. The van der Waals surface area contributed by atoms with Gasteiger partial charge in [-0.05, 0) is 73.9 Å². The molecule has 2 heterocycles. The molecule has 0 aliphatic carbocycles. The van der Waals surface area contributed by atoms with Crippen LogP contribution in [0, 0.1) is 11.8 Å². The zero-order valence-corrected chi connectivity index (χ0v) is 26.0. The predicted molar refractivity (Wildman–Crippen MR) is 173 cm³/mol. The number of para-hydroxylation sites is 1. The smallest absolute Gasteiger partial charge is 0.151 e. The van der Waals surface area contributed by atoms with Gasteiger partial charge < -0.3 is 18.8 Å². The third kappa shape index (κ3) is 6.76. The van der Waals surface area contributed by atoms with Crippen LogP contribution in [-0.2, 0) is 19.9 Å². The van der Waals surface area contributed by atoms with Gasteiger partial charge in [-0.15, -0.1) is 0 Å². The van der Waals surface area contributed by atoms with E-state index >= 15 is 0 Å². The van der Waals surface area contributed by atoms with E-state index in [4.69, 9.17) is 9.72 Å². The molecule has 3 aromatic carbocycles. The number of nitrogens with zero attached hydrogens (tertiary/aromatic N) is 5. The van der Waals surface area contributed by atoms with Crippen LogP contribution >= 0.6 is 0 Å². The fourth-order valence-electron chi connectivity index (χ4n) is 5.55. The van der Waals surface area contributed by atoms with Gasteiger partial charge in [-0.25, -0.2) is 9.97 Å². The van der Waals surface area contributed by atoms with E-state index in [0.717, 1.165) is 47.1 Å². The SMILES string of the molecule is CC(C)Cc1cccc(CC(C)C)c1-n1cnc(-c2cccc(Oc3cccc(N(c4cn(C)cn4)C(C)C)c3)c2)c1. The van der Waals surface area contributed by atoms with Gasteiger partial charge in [-0.3, -0.25) is 0 Å². The quantitative estimate of drug-likeness (QED) is 0.161. The summed E-state index contributed by atoms with van der Waals surface area (Å²) < 4.78 is 10.6. The highest BCUT2D eigenvalue weighted by atomic mass is 16.5. The molecule has 42 heavy (non-hydrogen) atoms. The lowest BCUT2D eigenvalue weighted by atomic mass is 9.94. The van der Waals surface area contributed by atoms with E-state index in [2.05, 4.69) is 105 Å². The Kier molecular flexibility index (Phi) is 8.81. The minimum absolute atomic E-state index is 0.236. The van der Waals surface area contributed by atoms with Crippen LogP contribution in [0.2, 0.25) is 0 Å².